The highest BCUT2D eigenvalue weighted by Gasteiger charge is 2.34. The summed E-state index contributed by atoms with van der Waals surface area (Å²) in [6.45, 7) is 2.57. The van der Waals surface area contributed by atoms with Crippen molar-refractivity contribution in [3.8, 4) is 5.75 Å². The number of imide groups is 1. The van der Waals surface area contributed by atoms with Crippen LogP contribution < -0.4 is 15.4 Å². The third kappa shape index (κ3) is 1.93. The fourth-order valence-corrected chi connectivity index (χ4v) is 2.69. The number of carbonyl (C=O) groups is 2. The molecule has 1 heterocycles. The average molecular weight is 284 g/mol. The van der Waals surface area contributed by atoms with Crippen molar-refractivity contribution in [2.75, 3.05) is 19.0 Å². The lowest BCUT2D eigenvalue weighted by atomic mass is 9.97. The third-order valence-corrected chi connectivity index (χ3v) is 3.55. The molecule has 0 atom stereocenters. The van der Waals surface area contributed by atoms with Crippen LogP contribution in [0.3, 0.4) is 0 Å². The van der Waals surface area contributed by atoms with Crippen LogP contribution in [-0.2, 0) is 0 Å². The Hall–Kier alpha value is -2.56. The highest BCUT2D eigenvalue weighted by molar-refractivity contribution is 6.30. The normalized spacial score (nSPS) is 13.2. The SMILES string of the molecule is CCCOc1c(NC)c2c(c3ccccc13)C(=O)NC2=O. The molecule has 0 radical (unpaired) electrons. The number of nitrogens with one attached hydrogen (secondary N) is 2. The van der Waals surface area contributed by atoms with E-state index in [0.717, 1.165) is 17.2 Å². The van der Waals surface area contributed by atoms with Gasteiger partial charge >= 0.3 is 0 Å². The van der Waals surface area contributed by atoms with Gasteiger partial charge in [-0.25, -0.2) is 0 Å². The van der Waals surface area contributed by atoms with Crippen molar-refractivity contribution in [1.82, 2.24) is 5.32 Å². The van der Waals surface area contributed by atoms with E-state index in [0.29, 0.717) is 29.2 Å². The van der Waals surface area contributed by atoms with Crippen LogP contribution in [0.25, 0.3) is 10.8 Å². The Morgan fingerprint density at radius 2 is 1.76 bits per heavy atom. The number of hydrogen-bond donors (Lipinski definition) is 2. The number of fused-ring (bicyclic) bond motifs is 3. The standard InChI is InChI=1S/C16H16N2O3/c1-3-8-21-14-10-7-5-4-6-9(10)11-12(13(14)17-2)16(20)18-15(11)19/h4-7,17H,3,8H2,1-2H3,(H,18,19,20). The first-order chi connectivity index (χ1) is 10.2. The van der Waals surface area contributed by atoms with E-state index >= 15 is 0 Å². The van der Waals surface area contributed by atoms with Gasteiger partial charge in [0.2, 0.25) is 0 Å². The minimum absolute atomic E-state index is 0.357. The van der Waals surface area contributed by atoms with Gasteiger partial charge in [0.05, 0.1) is 23.4 Å². The molecule has 21 heavy (non-hydrogen) atoms. The second-order valence-electron chi connectivity index (χ2n) is 4.88. The van der Waals surface area contributed by atoms with Crippen LogP contribution >= 0.6 is 0 Å². The Labute approximate surface area is 122 Å². The van der Waals surface area contributed by atoms with Gasteiger partial charge in [0, 0.05) is 12.4 Å². The molecule has 2 amide bonds. The zero-order chi connectivity index (χ0) is 15.0. The van der Waals surface area contributed by atoms with E-state index in [-0.39, 0.29) is 11.8 Å². The molecule has 0 aliphatic carbocycles. The van der Waals surface area contributed by atoms with Gasteiger partial charge < -0.3 is 10.1 Å². The van der Waals surface area contributed by atoms with Gasteiger partial charge in [0.15, 0.2) is 5.75 Å². The molecule has 0 fully saturated rings. The quantitative estimate of drug-likeness (QED) is 0.847. The molecule has 0 spiro atoms. The second-order valence-corrected chi connectivity index (χ2v) is 4.88. The number of ether oxygens (including phenoxy) is 1. The van der Waals surface area contributed by atoms with E-state index in [4.69, 9.17) is 4.74 Å². The molecule has 0 saturated carbocycles. The fourth-order valence-electron chi connectivity index (χ4n) is 2.69. The molecule has 108 valence electrons. The summed E-state index contributed by atoms with van der Waals surface area (Å²) in [5.41, 5.74) is 1.36. The summed E-state index contributed by atoms with van der Waals surface area (Å²) in [5, 5.41) is 6.94. The van der Waals surface area contributed by atoms with Gasteiger partial charge in [0.1, 0.15) is 0 Å². The number of rotatable bonds is 4. The smallest absolute Gasteiger partial charge is 0.261 e. The number of anilines is 1. The number of carbonyl (C=O) groups excluding carboxylic acids is 2. The molecule has 1 aliphatic rings. The third-order valence-electron chi connectivity index (χ3n) is 3.55. The van der Waals surface area contributed by atoms with E-state index in [1.807, 2.05) is 31.2 Å². The van der Waals surface area contributed by atoms with Crippen molar-refractivity contribution in [1.29, 1.82) is 0 Å². The first-order valence-corrected chi connectivity index (χ1v) is 6.94. The van der Waals surface area contributed by atoms with Crippen LogP contribution in [0.2, 0.25) is 0 Å². The molecule has 2 N–H and O–H groups in total. The maximum atomic E-state index is 12.1. The van der Waals surface area contributed by atoms with Crippen LogP contribution in [0, 0.1) is 0 Å². The van der Waals surface area contributed by atoms with Crippen LogP contribution in [0.15, 0.2) is 24.3 Å². The summed E-state index contributed by atoms with van der Waals surface area (Å²) in [7, 11) is 1.72. The van der Waals surface area contributed by atoms with Crippen molar-refractivity contribution in [2.24, 2.45) is 0 Å². The first kappa shape index (κ1) is 13.4. The van der Waals surface area contributed by atoms with Crippen LogP contribution in [0.5, 0.6) is 5.75 Å². The van der Waals surface area contributed by atoms with E-state index in [1.54, 1.807) is 7.05 Å². The van der Waals surface area contributed by atoms with Crippen molar-refractivity contribution in [2.45, 2.75) is 13.3 Å². The molecule has 5 nitrogen and oxygen atoms in total. The lowest BCUT2D eigenvalue weighted by Crippen LogP contribution is -2.20. The lowest BCUT2D eigenvalue weighted by molar-refractivity contribution is 0.0880. The van der Waals surface area contributed by atoms with Crippen molar-refractivity contribution >= 4 is 28.3 Å². The van der Waals surface area contributed by atoms with Gasteiger partial charge in [-0.05, 0) is 11.8 Å². The molecule has 1 aliphatic heterocycles. The first-order valence-electron chi connectivity index (χ1n) is 6.94. The second kappa shape index (κ2) is 5.09. The Balaban J connectivity index is 2.40. The fraction of sp³-hybridized carbons (Fsp3) is 0.250. The monoisotopic (exact) mass is 284 g/mol. The predicted molar refractivity (Wildman–Crippen MR) is 81.1 cm³/mol. The summed E-state index contributed by atoms with van der Waals surface area (Å²) < 4.78 is 5.85. The summed E-state index contributed by atoms with van der Waals surface area (Å²) in [4.78, 5) is 24.2. The summed E-state index contributed by atoms with van der Waals surface area (Å²) in [5.74, 6) is -0.116. The number of benzene rings is 2. The maximum absolute atomic E-state index is 12.1. The van der Waals surface area contributed by atoms with Gasteiger partial charge in [-0.1, -0.05) is 31.2 Å². The zero-order valence-corrected chi connectivity index (χ0v) is 11.9. The van der Waals surface area contributed by atoms with Crippen LogP contribution in [-0.4, -0.2) is 25.5 Å². The highest BCUT2D eigenvalue weighted by atomic mass is 16.5. The topological polar surface area (TPSA) is 67.4 Å². The molecule has 2 aromatic rings. The molecule has 2 aromatic carbocycles. The molecular weight excluding hydrogens is 268 g/mol. The predicted octanol–water partition coefficient (Wildman–Crippen LogP) is 2.55. The Morgan fingerprint density at radius 1 is 1.10 bits per heavy atom. The summed E-state index contributed by atoms with van der Waals surface area (Å²) >= 11 is 0. The van der Waals surface area contributed by atoms with Crippen LogP contribution in [0.4, 0.5) is 5.69 Å². The molecule has 5 heteroatoms. The van der Waals surface area contributed by atoms with Gasteiger partial charge in [-0.2, -0.15) is 0 Å². The van der Waals surface area contributed by atoms with Gasteiger partial charge in [-0.3, -0.25) is 14.9 Å². The molecular formula is C16H16N2O3. The van der Waals surface area contributed by atoms with Crippen LogP contribution in [0.1, 0.15) is 34.1 Å². The zero-order valence-electron chi connectivity index (χ0n) is 11.9. The molecule has 0 saturated heterocycles. The van der Waals surface area contributed by atoms with E-state index in [1.165, 1.54) is 0 Å². The molecule has 0 aromatic heterocycles. The largest absolute Gasteiger partial charge is 0.491 e. The van der Waals surface area contributed by atoms with Crippen molar-refractivity contribution < 1.29 is 14.3 Å². The Morgan fingerprint density at radius 3 is 2.43 bits per heavy atom. The Kier molecular flexibility index (Phi) is 3.25. The van der Waals surface area contributed by atoms with E-state index in [2.05, 4.69) is 10.6 Å². The molecule has 3 rings (SSSR count). The molecule has 0 bridgehead atoms. The average Bonchev–Trinajstić information content (AvgIpc) is 2.79. The minimum Gasteiger partial charge on any atom is -0.491 e. The number of hydrogen-bond acceptors (Lipinski definition) is 4. The van der Waals surface area contributed by atoms with Gasteiger partial charge in [-0.15, -0.1) is 0 Å². The summed E-state index contributed by atoms with van der Waals surface area (Å²) in [6, 6.07) is 7.48. The minimum atomic E-state index is -0.383. The lowest BCUT2D eigenvalue weighted by Gasteiger charge is -2.16. The maximum Gasteiger partial charge on any atom is 0.261 e. The highest BCUT2D eigenvalue weighted by Crippen LogP contribution is 2.41. The Bertz CT molecular complexity index is 753. The molecule has 0 unspecified atom stereocenters. The van der Waals surface area contributed by atoms with E-state index < -0.39 is 0 Å². The van der Waals surface area contributed by atoms with Crippen molar-refractivity contribution in [3.05, 3.63) is 35.4 Å². The van der Waals surface area contributed by atoms with E-state index in [9.17, 15) is 9.59 Å². The van der Waals surface area contributed by atoms with Gasteiger partial charge in [0.25, 0.3) is 11.8 Å². The summed E-state index contributed by atoms with van der Waals surface area (Å²) in [6.07, 6.45) is 0.861. The van der Waals surface area contributed by atoms with Crippen molar-refractivity contribution in [3.63, 3.8) is 0 Å². The number of amides is 2.